The van der Waals surface area contributed by atoms with E-state index in [2.05, 4.69) is 86.5 Å². The largest absolute Gasteiger partial charge is 0.482 e. The molecule has 0 aliphatic carbocycles. The Balaban J connectivity index is 1.78. The highest BCUT2D eigenvalue weighted by atomic mass is 79.9. The maximum atomic E-state index is 10.7. The molecule has 0 aliphatic heterocycles. The summed E-state index contributed by atoms with van der Waals surface area (Å²) < 4.78 is 7.36. The number of rotatable bonds is 8. The van der Waals surface area contributed by atoms with Crippen LogP contribution in [0, 0.1) is 6.92 Å². The second kappa shape index (κ2) is 10.8. The predicted molar refractivity (Wildman–Crippen MR) is 130 cm³/mol. The van der Waals surface area contributed by atoms with Gasteiger partial charge >= 0.3 is 5.97 Å². The molecule has 0 unspecified atom stereocenters. The Morgan fingerprint density at radius 3 is 2.03 bits per heavy atom. The van der Waals surface area contributed by atoms with Gasteiger partial charge in [-0.2, -0.15) is 0 Å². The molecule has 3 aromatic rings. The molecule has 0 fully saturated rings. The van der Waals surface area contributed by atoms with E-state index in [1.807, 2.05) is 25.1 Å². The van der Waals surface area contributed by atoms with E-state index < -0.39 is 5.97 Å². The smallest absolute Gasteiger partial charge is 0.341 e. The van der Waals surface area contributed by atoms with Gasteiger partial charge in [-0.3, -0.25) is 0 Å². The highest BCUT2D eigenvalue weighted by Gasteiger charge is 2.07. The van der Waals surface area contributed by atoms with Crippen LogP contribution in [-0.4, -0.2) is 23.4 Å². The SMILES string of the molecule is Cc1cc(OCC(=O)O)ccc1SCC=C(c1ccc(Br)cc1)c1ccc(Br)cc1. The van der Waals surface area contributed by atoms with Crippen LogP contribution < -0.4 is 4.74 Å². The molecule has 3 rings (SSSR count). The van der Waals surface area contributed by atoms with Gasteiger partial charge in [-0.25, -0.2) is 4.79 Å². The summed E-state index contributed by atoms with van der Waals surface area (Å²) in [7, 11) is 0. The number of carbonyl (C=O) groups is 1. The molecule has 0 radical (unpaired) electrons. The topological polar surface area (TPSA) is 46.5 Å². The van der Waals surface area contributed by atoms with Crippen LogP contribution in [0.5, 0.6) is 5.75 Å². The Bertz CT molecular complexity index is 998. The zero-order chi connectivity index (χ0) is 21.5. The van der Waals surface area contributed by atoms with Crippen LogP contribution in [0.2, 0.25) is 0 Å². The average Bonchev–Trinajstić information content (AvgIpc) is 2.72. The van der Waals surface area contributed by atoms with Crippen molar-refractivity contribution < 1.29 is 14.6 Å². The monoisotopic (exact) mass is 546 g/mol. The van der Waals surface area contributed by atoms with Gasteiger partial charge in [-0.05, 0) is 71.7 Å². The molecule has 0 aliphatic rings. The molecular formula is C24H20Br2O3S. The molecule has 0 aromatic heterocycles. The first-order valence-electron chi connectivity index (χ1n) is 9.22. The molecule has 0 bridgehead atoms. The van der Waals surface area contributed by atoms with E-state index in [4.69, 9.17) is 9.84 Å². The van der Waals surface area contributed by atoms with Gasteiger partial charge in [-0.15, -0.1) is 11.8 Å². The number of hydrogen-bond acceptors (Lipinski definition) is 3. The number of aliphatic carboxylic acids is 1. The van der Waals surface area contributed by atoms with Gasteiger partial charge in [0.1, 0.15) is 5.75 Å². The number of hydrogen-bond donors (Lipinski definition) is 1. The van der Waals surface area contributed by atoms with Crippen molar-refractivity contribution in [3.8, 4) is 5.75 Å². The molecule has 3 aromatic carbocycles. The van der Waals surface area contributed by atoms with E-state index >= 15 is 0 Å². The second-order valence-electron chi connectivity index (χ2n) is 6.55. The molecule has 3 nitrogen and oxygen atoms in total. The van der Waals surface area contributed by atoms with E-state index in [0.29, 0.717) is 5.75 Å². The summed E-state index contributed by atoms with van der Waals surface area (Å²) in [6.07, 6.45) is 2.24. The third-order valence-electron chi connectivity index (χ3n) is 4.35. The van der Waals surface area contributed by atoms with E-state index in [9.17, 15) is 4.79 Å². The molecule has 6 heteroatoms. The van der Waals surface area contributed by atoms with E-state index in [0.717, 1.165) is 36.3 Å². The Hall–Kier alpha value is -2.02. The lowest BCUT2D eigenvalue weighted by Crippen LogP contribution is -2.09. The summed E-state index contributed by atoms with van der Waals surface area (Å²) in [6.45, 7) is 1.67. The zero-order valence-electron chi connectivity index (χ0n) is 16.3. The summed E-state index contributed by atoms with van der Waals surface area (Å²) in [5.74, 6) is 0.391. The van der Waals surface area contributed by atoms with Crippen molar-refractivity contribution in [1.82, 2.24) is 0 Å². The molecule has 30 heavy (non-hydrogen) atoms. The number of ether oxygens (including phenoxy) is 1. The van der Waals surface area contributed by atoms with Crippen molar-refractivity contribution in [2.24, 2.45) is 0 Å². The average molecular weight is 548 g/mol. The summed E-state index contributed by atoms with van der Waals surface area (Å²) in [5, 5.41) is 8.74. The molecule has 154 valence electrons. The maximum Gasteiger partial charge on any atom is 0.341 e. The van der Waals surface area contributed by atoms with E-state index in [1.54, 1.807) is 11.8 Å². The van der Waals surface area contributed by atoms with Crippen molar-refractivity contribution >= 4 is 55.2 Å². The van der Waals surface area contributed by atoms with Crippen LogP contribution in [0.3, 0.4) is 0 Å². The standard InChI is InChI=1S/C24H20Br2O3S/c1-16-14-21(29-15-24(27)28)10-11-23(16)30-13-12-22(17-2-6-19(25)7-3-17)18-4-8-20(26)9-5-18/h2-12,14H,13,15H2,1H3,(H,27,28). The van der Waals surface area contributed by atoms with Crippen LogP contribution in [0.15, 0.2) is 86.6 Å². The molecule has 0 heterocycles. The lowest BCUT2D eigenvalue weighted by molar-refractivity contribution is -0.139. The number of carboxylic acid groups (broad SMARTS) is 1. The van der Waals surface area contributed by atoms with Gasteiger partial charge in [0.05, 0.1) is 0 Å². The fourth-order valence-electron chi connectivity index (χ4n) is 2.89. The van der Waals surface area contributed by atoms with Gasteiger partial charge in [0.2, 0.25) is 0 Å². The summed E-state index contributed by atoms with van der Waals surface area (Å²) in [5.41, 5.74) is 4.57. The van der Waals surface area contributed by atoms with Crippen LogP contribution in [0.1, 0.15) is 16.7 Å². The third kappa shape index (κ3) is 6.49. The van der Waals surface area contributed by atoms with Crippen molar-refractivity contribution in [1.29, 1.82) is 0 Å². The third-order valence-corrected chi connectivity index (χ3v) is 6.51. The minimum atomic E-state index is -0.982. The second-order valence-corrected chi connectivity index (χ2v) is 9.45. The normalized spacial score (nSPS) is 10.5. The number of benzene rings is 3. The van der Waals surface area contributed by atoms with Crippen molar-refractivity contribution in [2.75, 3.05) is 12.4 Å². The Kier molecular flexibility index (Phi) is 8.19. The molecule has 0 saturated carbocycles. The highest BCUT2D eigenvalue weighted by molar-refractivity contribution is 9.10. The van der Waals surface area contributed by atoms with Crippen LogP contribution >= 0.6 is 43.6 Å². The lowest BCUT2D eigenvalue weighted by atomic mass is 9.98. The van der Waals surface area contributed by atoms with E-state index in [-0.39, 0.29) is 6.61 Å². The quantitative estimate of drug-likeness (QED) is 0.303. The Labute approximate surface area is 197 Å². The predicted octanol–water partition coefficient (Wildman–Crippen LogP) is 7.21. The number of halogens is 2. The first kappa shape index (κ1) is 22.7. The summed E-state index contributed by atoms with van der Waals surface area (Å²) in [6, 6.07) is 22.3. The maximum absolute atomic E-state index is 10.7. The van der Waals surface area contributed by atoms with Crippen molar-refractivity contribution in [2.45, 2.75) is 11.8 Å². The fraction of sp³-hybridized carbons (Fsp3) is 0.125. The van der Waals surface area contributed by atoms with Crippen LogP contribution in [-0.2, 0) is 4.79 Å². The first-order chi connectivity index (χ1) is 14.4. The first-order valence-corrected chi connectivity index (χ1v) is 11.8. The van der Waals surface area contributed by atoms with Gasteiger partial charge in [-0.1, -0.05) is 62.2 Å². The van der Waals surface area contributed by atoms with Gasteiger partial charge < -0.3 is 9.84 Å². The van der Waals surface area contributed by atoms with Gasteiger partial charge in [0.25, 0.3) is 0 Å². The zero-order valence-corrected chi connectivity index (χ0v) is 20.3. The van der Waals surface area contributed by atoms with Crippen molar-refractivity contribution in [3.63, 3.8) is 0 Å². The molecular weight excluding hydrogens is 528 g/mol. The molecule has 0 amide bonds. The number of carboxylic acids is 1. The minimum Gasteiger partial charge on any atom is -0.482 e. The van der Waals surface area contributed by atoms with Crippen LogP contribution in [0.4, 0.5) is 0 Å². The fourth-order valence-corrected chi connectivity index (χ4v) is 4.30. The molecule has 0 spiro atoms. The molecule has 1 N–H and O–H groups in total. The Morgan fingerprint density at radius 2 is 1.53 bits per heavy atom. The van der Waals surface area contributed by atoms with E-state index in [1.165, 1.54) is 5.57 Å². The number of thioether (sulfide) groups is 1. The van der Waals surface area contributed by atoms with Gasteiger partial charge in [0, 0.05) is 19.6 Å². The molecule has 0 saturated heterocycles. The minimum absolute atomic E-state index is 0.335. The lowest BCUT2D eigenvalue weighted by Gasteiger charge is -2.11. The summed E-state index contributed by atoms with van der Waals surface area (Å²) in [4.78, 5) is 11.8. The van der Waals surface area contributed by atoms with Crippen molar-refractivity contribution in [3.05, 3.63) is 98.4 Å². The van der Waals surface area contributed by atoms with Gasteiger partial charge in [0.15, 0.2) is 6.61 Å². The van der Waals surface area contributed by atoms with Crippen LogP contribution in [0.25, 0.3) is 5.57 Å². The Morgan fingerprint density at radius 1 is 0.967 bits per heavy atom. The highest BCUT2D eigenvalue weighted by Crippen LogP contribution is 2.30. The molecule has 0 atom stereocenters. The summed E-state index contributed by atoms with van der Waals surface area (Å²) >= 11 is 8.74. The number of aryl methyl sites for hydroxylation is 1.